The molecule has 4 nitrogen and oxygen atoms in total. The van der Waals surface area contributed by atoms with E-state index in [0.29, 0.717) is 18.1 Å². The van der Waals surface area contributed by atoms with E-state index in [4.69, 9.17) is 4.74 Å². The van der Waals surface area contributed by atoms with Gasteiger partial charge in [-0.15, -0.1) is 0 Å². The first-order valence-corrected chi connectivity index (χ1v) is 9.88. The molecule has 1 heterocycles. The third kappa shape index (κ3) is 4.04. The molecule has 5 heteroatoms. The smallest absolute Gasteiger partial charge is 0.180 e. The largest absolute Gasteiger partial charge is 0.379 e. The second kappa shape index (κ2) is 7.47. The maximum Gasteiger partial charge on any atom is 0.180 e. The Morgan fingerprint density at radius 2 is 1.62 bits per heavy atom. The molecule has 0 radical (unpaired) electrons. The molecular weight excluding hydrogens is 322 g/mol. The molecular formula is C19H23NO3S. The molecule has 0 aromatic heterocycles. The first kappa shape index (κ1) is 17.1. The van der Waals surface area contributed by atoms with E-state index in [1.165, 1.54) is 0 Å². The number of sulfone groups is 1. The van der Waals surface area contributed by atoms with E-state index in [2.05, 4.69) is 4.90 Å². The van der Waals surface area contributed by atoms with Gasteiger partial charge in [-0.25, -0.2) is 8.42 Å². The van der Waals surface area contributed by atoms with Gasteiger partial charge in [0.2, 0.25) is 0 Å². The third-order valence-electron chi connectivity index (χ3n) is 4.43. The molecule has 0 amide bonds. The van der Waals surface area contributed by atoms with Crippen LogP contribution in [0.1, 0.15) is 17.2 Å². The van der Waals surface area contributed by atoms with Crippen LogP contribution in [0.25, 0.3) is 0 Å². The van der Waals surface area contributed by atoms with Crippen molar-refractivity contribution in [2.75, 3.05) is 32.1 Å². The Kier molecular flexibility index (Phi) is 5.33. The highest BCUT2D eigenvalue weighted by Gasteiger charge is 2.28. The molecule has 1 fully saturated rings. The van der Waals surface area contributed by atoms with Gasteiger partial charge in [-0.2, -0.15) is 0 Å². The van der Waals surface area contributed by atoms with Crippen LogP contribution in [0.15, 0.2) is 59.5 Å². The second-order valence-corrected chi connectivity index (χ2v) is 8.20. The van der Waals surface area contributed by atoms with E-state index in [1.807, 2.05) is 49.4 Å². The van der Waals surface area contributed by atoms with Crippen LogP contribution in [0.4, 0.5) is 0 Å². The normalized spacial score (nSPS) is 17.5. The van der Waals surface area contributed by atoms with E-state index in [-0.39, 0.29) is 11.8 Å². The van der Waals surface area contributed by atoms with Crippen LogP contribution in [-0.4, -0.2) is 45.4 Å². The Labute approximate surface area is 144 Å². The van der Waals surface area contributed by atoms with Crippen molar-refractivity contribution in [1.29, 1.82) is 0 Å². The predicted octanol–water partition coefficient (Wildman–Crippen LogP) is 2.84. The monoisotopic (exact) mass is 345 g/mol. The fourth-order valence-electron chi connectivity index (χ4n) is 3.03. The van der Waals surface area contributed by atoms with Crippen molar-refractivity contribution in [1.82, 2.24) is 4.90 Å². The molecule has 0 saturated carbocycles. The van der Waals surface area contributed by atoms with Crippen LogP contribution in [-0.2, 0) is 14.6 Å². The van der Waals surface area contributed by atoms with Gasteiger partial charge in [0.05, 0.1) is 23.9 Å². The highest BCUT2D eigenvalue weighted by Crippen LogP contribution is 2.26. The number of morpholine rings is 1. The Hall–Kier alpha value is -1.69. The Morgan fingerprint density at radius 3 is 2.25 bits per heavy atom. The Balaban J connectivity index is 1.89. The van der Waals surface area contributed by atoms with Crippen LogP contribution in [0.5, 0.6) is 0 Å². The second-order valence-electron chi connectivity index (χ2n) is 6.17. The van der Waals surface area contributed by atoms with E-state index in [1.54, 1.807) is 12.1 Å². The molecule has 128 valence electrons. The van der Waals surface area contributed by atoms with Crippen molar-refractivity contribution in [3.8, 4) is 0 Å². The van der Waals surface area contributed by atoms with Crippen LogP contribution in [0.2, 0.25) is 0 Å². The molecule has 1 saturated heterocycles. The number of hydrogen-bond donors (Lipinski definition) is 0. The zero-order valence-electron chi connectivity index (χ0n) is 13.9. The van der Waals surface area contributed by atoms with Crippen molar-refractivity contribution in [3.63, 3.8) is 0 Å². The summed E-state index contributed by atoms with van der Waals surface area (Å²) >= 11 is 0. The molecule has 0 bridgehead atoms. The van der Waals surface area contributed by atoms with E-state index in [0.717, 1.165) is 24.2 Å². The number of ether oxygens (including phenoxy) is 1. The minimum atomic E-state index is -3.36. The van der Waals surface area contributed by atoms with Crippen molar-refractivity contribution in [2.24, 2.45) is 0 Å². The molecule has 3 rings (SSSR count). The first-order chi connectivity index (χ1) is 11.6. The topological polar surface area (TPSA) is 46.6 Å². The summed E-state index contributed by atoms with van der Waals surface area (Å²) in [7, 11) is -3.36. The minimum absolute atomic E-state index is 0.0834. The van der Waals surface area contributed by atoms with Crippen LogP contribution in [0, 0.1) is 6.92 Å². The number of hydrogen-bond acceptors (Lipinski definition) is 4. The standard InChI is InChI=1S/C19H23NO3S/c1-16-7-9-18(10-8-16)24(21,22)15-19(17-5-3-2-4-6-17)20-11-13-23-14-12-20/h2-10,19H,11-15H2,1H3/t19-/m1/s1. The van der Waals surface area contributed by atoms with Gasteiger partial charge in [0.15, 0.2) is 9.84 Å². The Bertz CT molecular complexity index is 751. The maximum atomic E-state index is 12.9. The zero-order valence-corrected chi connectivity index (χ0v) is 14.7. The summed E-state index contributed by atoms with van der Waals surface area (Å²) in [5.41, 5.74) is 2.09. The van der Waals surface area contributed by atoms with Gasteiger partial charge in [-0.1, -0.05) is 48.0 Å². The van der Waals surface area contributed by atoms with E-state index < -0.39 is 9.84 Å². The molecule has 1 aliphatic rings. The van der Waals surface area contributed by atoms with Gasteiger partial charge >= 0.3 is 0 Å². The zero-order chi connectivity index (χ0) is 17.0. The quantitative estimate of drug-likeness (QED) is 0.836. The lowest BCUT2D eigenvalue weighted by molar-refractivity contribution is 0.0205. The van der Waals surface area contributed by atoms with Gasteiger partial charge in [-0.05, 0) is 24.6 Å². The number of aryl methyl sites for hydroxylation is 1. The average Bonchev–Trinajstić information content (AvgIpc) is 2.62. The van der Waals surface area contributed by atoms with Crippen molar-refractivity contribution in [3.05, 3.63) is 65.7 Å². The lowest BCUT2D eigenvalue weighted by Gasteiger charge is -2.34. The summed E-state index contributed by atoms with van der Waals surface area (Å²) in [5, 5.41) is 0. The third-order valence-corrected chi connectivity index (χ3v) is 6.17. The number of benzene rings is 2. The summed E-state index contributed by atoms with van der Waals surface area (Å²) in [6.07, 6.45) is 0. The average molecular weight is 345 g/mol. The molecule has 0 N–H and O–H groups in total. The minimum Gasteiger partial charge on any atom is -0.379 e. The van der Waals surface area contributed by atoms with Crippen LogP contribution in [0.3, 0.4) is 0 Å². The maximum absolute atomic E-state index is 12.9. The van der Waals surface area contributed by atoms with Gasteiger partial charge in [0, 0.05) is 19.1 Å². The van der Waals surface area contributed by atoms with Crippen LogP contribution >= 0.6 is 0 Å². The Morgan fingerprint density at radius 1 is 1.00 bits per heavy atom. The highest BCUT2D eigenvalue weighted by molar-refractivity contribution is 7.91. The van der Waals surface area contributed by atoms with Gasteiger partial charge < -0.3 is 4.74 Å². The molecule has 1 atom stereocenters. The predicted molar refractivity (Wildman–Crippen MR) is 94.8 cm³/mol. The molecule has 0 unspecified atom stereocenters. The molecule has 1 aliphatic heterocycles. The van der Waals surface area contributed by atoms with Crippen molar-refractivity contribution in [2.45, 2.75) is 17.9 Å². The van der Waals surface area contributed by atoms with Gasteiger partial charge in [0.25, 0.3) is 0 Å². The van der Waals surface area contributed by atoms with Crippen molar-refractivity contribution < 1.29 is 13.2 Å². The summed E-state index contributed by atoms with van der Waals surface area (Å²) in [6, 6.07) is 16.8. The highest BCUT2D eigenvalue weighted by atomic mass is 32.2. The molecule has 24 heavy (non-hydrogen) atoms. The molecule has 0 aliphatic carbocycles. The fraction of sp³-hybridized carbons (Fsp3) is 0.368. The van der Waals surface area contributed by atoms with Crippen molar-refractivity contribution >= 4 is 9.84 Å². The summed E-state index contributed by atoms with van der Waals surface area (Å²) in [4.78, 5) is 2.60. The van der Waals surface area contributed by atoms with E-state index >= 15 is 0 Å². The summed E-state index contributed by atoms with van der Waals surface area (Å²) < 4.78 is 31.2. The van der Waals surface area contributed by atoms with Gasteiger partial charge in [0.1, 0.15) is 0 Å². The summed E-state index contributed by atoms with van der Waals surface area (Å²) in [5.74, 6) is 0.0834. The number of rotatable bonds is 5. The molecule has 2 aromatic rings. The lowest BCUT2D eigenvalue weighted by atomic mass is 10.1. The summed E-state index contributed by atoms with van der Waals surface area (Å²) in [6.45, 7) is 4.75. The first-order valence-electron chi connectivity index (χ1n) is 8.22. The fourth-order valence-corrected chi connectivity index (χ4v) is 4.59. The SMILES string of the molecule is Cc1ccc(S(=O)(=O)C[C@H](c2ccccc2)N2CCOCC2)cc1. The number of nitrogens with zero attached hydrogens (tertiary/aromatic N) is 1. The van der Waals surface area contributed by atoms with Crippen LogP contribution < -0.4 is 0 Å². The molecule has 0 spiro atoms. The van der Waals surface area contributed by atoms with E-state index in [9.17, 15) is 8.42 Å². The lowest BCUT2D eigenvalue weighted by Crippen LogP contribution is -2.41. The van der Waals surface area contributed by atoms with Gasteiger partial charge in [-0.3, -0.25) is 4.90 Å². The molecule has 2 aromatic carbocycles.